The first kappa shape index (κ1) is 16.5. The minimum absolute atomic E-state index is 0.0535. The number of rotatable bonds is 3. The number of hydrogen-bond acceptors (Lipinski definition) is 3. The molecule has 0 amide bonds. The second kappa shape index (κ2) is 5.46. The van der Waals surface area contributed by atoms with Crippen molar-refractivity contribution >= 4 is 21.9 Å². The monoisotopic (exact) mass is 367 g/mol. The first-order chi connectivity index (χ1) is 8.93. The van der Waals surface area contributed by atoms with E-state index in [9.17, 15) is 31.1 Å². The third-order valence-electron chi connectivity index (χ3n) is 1.87. The average molecular weight is 368 g/mol. The van der Waals surface area contributed by atoms with Crippen molar-refractivity contribution in [3.05, 3.63) is 22.3 Å². The Morgan fingerprint density at radius 2 is 1.75 bits per heavy atom. The van der Waals surface area contributed by atoms with E-state index in [2.05, 4.69) is 25.7 Å². The number of halogens is 7. The van der Waals surface area contributed by atoms with Gasteiger partial charge in [-0.25, -0.2) is 9.78 Å². The summed E-state index contributed by atoms with van der Waals surface area (Å²) in [7, 11) is 0. The molecule has 0 atom stereocenters. The molecule has 0 saturated heterocycles. The summed E-state index contributed by atoms with van der Waals surface area (Å²) >= 11 is 2.78. The Labute approximate surface area is 115 Å². The van der Waals surface area contributed by atoms with Crippen LogP contribution in [0.5, 0.6) is 5.88 Å². The predicted molar refractivity (Wildman–Crippen MR) is 55.4 cm³/mol. The molecule has 0 aliphatic heterocycles. The maximum atomic E-state index is 12.3. The summed E-state index contributed by atoms with van der Waals surface area (Å²) < 4.78 is 77.5. The van der Waals surface area contributed by atoms with Crippen LogP contribution in [0.2, 0.25) is 0 Å². The molecule has 0 bridgehead atoms. The Hall–Kier alpha value is -1.52. The highest BCUT2D eigenvalue weighted by atomic mass is 79.9. The third kappa shape index (κ3) is 3.99. The number of aromatic carboxylic acids is 1. The second-order valence-electron chi connectivity index (χ2n) is 3.39. The van der Waals surface area contributed by atoms with Crippen molar-refractivity contribution in [3.8, 4) is 5.88 Å². The van der Waals surface area contributed by atoms with Gasteiger partial charge in [0.05, 0.1) is 0 Å². The highest BCUT2D eigenvalue weighted by Gasteiger charge is 2.59. The van der Waals surface area contributed by atoms with Gasteiger partial charge in [0, 0.05) is 10.7 Å². The van der Waals surface area contributed by atoms with Gasteiger partial charge in [-0.05, 0) is 22.0 Å². The van der Waals surface area contributed by atoms with E-state index in [1.807, 2.05) is 0 Å². The van der Waals surface area contributed by atoms with Crippen LogP contribution in [0.1, 0.15) is 10.4 Å². The smallest absolute Gasteiger partial charge is 0.434 e. The fraction of sp³-hybridized carbons (Fsp3) is 0.333. The average Bonchev–Trinajstić information content (AvgIpc) is 2.23. The van der Waals surface area contributed by atoms with Gasteiger partial charge in [-0.3, -0.25) is 0 Å². The van der Waals surface area contributed by atoms with Crippen LogP contribution in [0.3, 0.4) is 0 Å². The van der Waals surface area contributed by atoms with Crippen molar-refractivity contribution in [3.63, 3.8) is 0 Å². The molecule has 1 aromatic heterocycles. The number of aromatic nitrogens is 1. The van der Waals surface area contributed by atoms with Crippen LogP contribution >= 0.6 is 15.9 Å². The summed E-state index contributed by atoms with van der Waals surface area (Å²) in [4.78, 5) is 13.9. The lowest BCUT2D eigenvalue weighted by Gasteiger charge is -2.23. The van der Waals surface area contributed by atoms with Crippen LogP contribution in [0, 0.1) is 0 Å². The number of hydrogen-bond donors (Lipinski definition) is 1. The molecule has 0 aromatic carbocycles. The molecule has 1 heterocycles. The molecule has 112 valence electrons. The first-order valence-electron chi connectivity index (χ1n) is 4.62. The Bertz CT molecular complexity index is 501. The third-order valence-corrected chi connectivity index (χ3v) is 2.31. The molecule has 1 N–H and O–H groups in total. The molecule has 0 aliphatic rings. The van der Waals surface area contributed by atoms with Gasteiger partial charge in [-0.2, -0.15) is 26.3 Å². The molecule has 0 spiro atoms. The Kier molecular flexibility index (Phi) is 4.52. The molecule has 1 aromatic rings. The number of alkyl halides is 6. The quantitative estimate of drug-likeness (QED) is 0.831. The van der Waals surface area contributed by atoms with Crippen LogP contribution in [-0.2, 0) is 0 Å². The number of pyridine rings is 1. The second-order valence-corrected chi connectivity index (χ2v) is 4.31. The van der Waals surface area contributed by atoms with Gasteiger partial charge in [0.2, 0.25) is 5.88 Å². The fourth-order valence-electron chi connectivity index (χ4n) is 1.10. The summed E-state index contributed by atoms with van der Waals surface area (Å²) in [6, 6.07) is 0.772. The normalized spacial score (nSPS) is 12.6. The van der Waals surface area contributed by atoms with E-state index in [1.165, 1.54) is 0 Å². The summed E-state index contributed by atoms with van der Waals surface area (Å²) in [5, 5.41) is 8.71. The van der Waals surface area contributed by atoms with Gasteiger partial charge >= 0.3 is 18.3 Å². The maximum Gasteiger partial charge on any atom is 0.434 e. The van der Waals surface area contributed by atoms with Crippen LogP contribution < -0.4 is 4.74 Å². The number of carbonyl (C=O) groups is 1. The van der Waals surface area contributed by atoms with E-state index in [1.54, 1.807) is 0 Å². The zero-order valence-electron chi connectivity index (χ0n) is 9.09. The fourth-order valence-corrected chi connectivity index (χ4v) is 1.44. The molecule has 11 heteroatoms. The lowest BCUT2D eigenvalue weighted by atomic mass is 10.2. The van der Waals surface area contributed by atoms with Gasteiger partial charge < -0.3 is 9.84 Å². The topological polar surface area (TPSA) is 59.4 Å². The molecule has 0 radical (unpaired) electrons. The van der Waals surface area contributed by atoms with E-state index in [4.69, 9.17) is 5.11 Å². The summed E-state index contributed by atoms with van der Waals surface area (Å²) in [5.74, 6) is -3.06. The molecule has 1 rings (SSSR count). The molecule has 0 saturated carbocycles. The molecule has 20 heavy (non-hydrogen) atoms. The van der Waals surface area contributed by atoms with E-state index < -0.39 is 35.9 Å². The number of carboxylic acid groups (broad SMARTS) is 1. The van der Waals surface area contributed by atoms with E-state index in [-0.39, 0.29) is 4.47 Å². The number of nitrogens with zero attached hydrogens (tertiary/aromatic N) is 1. The predicted octanol–water partition coefficient (Wildman–Crippen LogP) is 3.41. The van der Waals surface area contributed by atoms with Crippen molar-refractivity contribution in [2.75, 3.05) is 0 Å². The molecule has 0 fully saturated rings. The minimum atomic E-state index is -5.76. The number of carboxylic acids is 1. The van der Waals surface area contributed by atoms with Crippen molar-refractivity contribution < 1.29 is 41.0 Å². The van der Waals surface area contributed by atoms with E-state index in [0.29, 0.717) is 0 Å². The van der Waals surface area contributed by atoms with Crippen molar-refractivity contribution in [2.24, 2.45) is 0 Å². The van der Waals surface area contributed by atoms with Crippen molar-refractivity contribution in [1.29, 1.82) is 0 Å². The highest BCUT2D eigenvalue weighted by molar-refractivity contribution is 9.10. The Morgan fingerprint density at radius 3 is 2.15 bits per heavy atom. The zero-order chi connectivity index (χ0) is 15.7. The lowest BCUT2D eigenvalue weighted by molar-refractivity contribution is -0.300. The molecular formula is C9H4BrF6NO3. The van der Waals surface area contributed by atoms with Crippen LogP contribution in [0.25, 0.3) is 0 Å². The van der Waals surface area contributed by atoms with Crippen LogP contribution in [0.15, 0.2) is 16.7 Å². The summed E-state index contributed by atoms with van der Waals surface area (Å²) in [6.07, 6.45) is -14.9. The van der Waals surface area contributed by atoms with E-state index >= 15 is 0 Å². The molecule has 0 unspecified atom stereocenters. The molecule has 4 nitrogen and oxygen atoms in total. The van der Waals surface area contributed by atoms with Crippen LogP contribution in [0.4, 0.5) is 26.3 Å². The first-order valence-corrected chi connectivity index (χ1v) is 5.41. The van der Waals surface area contributed by atoms with Crippen molar-refractivity contribution in [2.45, 2.75) is 18.5 Å². The Morgan fingerprint density at radius 1 is 1.25 bits per heavy atom. The Balaban J connectivity index is 3.22. The van der Waals surface area contributed by atoms with Crippen LogP contribution in [-0.4, -0.2) is 34.5 Å². The lowest BCUT2D eigenvalue weighted by Crippen LogP contribution is -2.47. The SMILES string of the molecule is O=C(O)c1cc(Br)cnc1OC(C(F)(F)F)C(F)(F)F. The van der Waals surface area contributed by atoms with E-state index in [0.717, 1.165) is 12.3 Å². The zero-order valence-corrected chi connectivity index (χ0v) is 10.7. The standard InChI is InChI=1S/C9H4BrF6NO3/c10-3-1-4(6(18)19)5(17-2-3)20-7(8(11,12)13)9(14,15)16/h1-2,7H,(H,18,19). The van der Waals surface area contributed by atoms with Gasteiger partial charge in [-0.15, -0.1) is 0 Å². The molecule has 0 aliphatic carbocycles. The molecular weight excluding hydrogens is 364 g/mol. The largest absolute Gasteiger partial charge is 0.477 e. The van der Waals surface area contributed by atoms with Gasteiger partial charge in [-0.1, -0.05) is 0 Å². The van der Waals surface area contributed by atoms with Crippen molar-refractivity contribution in [1.82, 2.24) is 4.98 Å². The minimum Gasteiger partial charge on any atom is -0.477 e. The maximum absolute atomic E-state index is 12.3. The highest BCUT2D eigenvalue weighted by Crippen LogP contribution is 2.37. The van der Waals surface area contributed by atoms with Gasteiger partial charge in [0.15, 0.2) is 0 Å². The van der Waals surface area contributed by atoms with Gasteiger partial charge in [0.25, 0.3) is 6.10 Å². The number of ether oxygens (including phenoxy) is 1. The van der Waals surface area contributed by atoms with Gasteiger partial charge in [0.1, 0.15) is 5.56 Å². The summed E-state index contributed by atoms with van der Waals surface area (Å²) in [5.41, 5.74) is -0.933. The summed E-state index contributed by atoms with van der Waals surface area (Å²) in [6.45, 7) is 0.